The Hall–Kier alpha value is -0.890. The topological polar surface area (TPSA) is 3.24 Å². The monoisotopic (exact) mass is 193 g/mol. The number of nitrogens with zero attached hydrogens (tertiary/aromatic N) is 1. The first-order chi connectivity index (χ1) is 6.66. The molecule has 0 N–H and O–H groups in total. The highest BCUT2D eigenvalue weighted by atomic mass is 19.1. The van der Waals surface area contributed by atoms with E-state index in [0.29, 0.717) is 12.0 Å². The average molecular weight is 193 g/mol. The highest BCUT2D eigenvalue weighted by Gasteiger charge is 2.29. The van der Waals surface area contributed by atoms with Gasteiger partial charge >= 0.3 is 0 Å². The molecule has 0 saturated carbocycles. The van der Waals surface area contributed by atoms with E-state index in [9.17, 15) is 4.39 Å². The SMILES string of the molecule is CC(C)N1CC(c2ccc(F)cc2)C1. The summed E-state index contributed by atoms with van der Waals surface area (Å²) in [5.41, 5.74) is 1.27. The fourth-order valence-corrected chi connectivity index (χ4v) is 1.88. The van der Waals surface area contributed by atoms with Crippen LogP contribution in [0, 0.1) is 5.82 Å². The summed E-state index contributed by atoms with van der Waals surface area (Å²) >= 11 is 0. The van der Waals surface area contributed by atoms with Gasteiger partial charge in [-0.15, -0.1) is 0 Å². The van der Waals surface area contributed by atoms with Crippen molar-refractivity contribution in [2.75, 3.05) is 13.1 Å². The van der Waals surface area contributed by atoms with Crippen LogP contribution in [-0.2, 0) is 0 Å². The molecule has 1 nitrogen and oxygen atoms in total. The van der Waals surface area contributed by atoms with Gasteiger partial charge < -0.3 is 0 Å². The summed E-state index contributed by atoms with van der Waals surface area (Å²) in [7, 11) is 0. The number of halogens is 1. The maximum absolute atomic E-state index is 12.7. The first kappa shape index (κ1) is 9.66. The van der Waals surface area contributed by atoms with Crippen LogP contribution in [0.15, 0.2) is 24.3 Å². The zero-order valence-electron chi connectivity index (χ0n) is 8.70. The molecule has 0 atom stereocenters. The van der Waals surface area contributed by atoms with Crippen molar-refractivity contribution in [2.45, 2.75) is 25.8 Å². The summed E-state index contributed by atoms with van der Waals surface area (Å²) < 4.78 is 12.7. The maximum atomic E-state index is 12.7. The van der Waals surface area contributed by atoms with Crippen molar-refractivity contribution in [3.63, 3.8) is 0 Å². The summed E-state index contributed by atoms with van der Waals surface area (Å²) in [6.45, 7) is 6.65. The van der Waals surface area contributed by atoms with E-state index in [0.717, 1.165) is 13.1 Å². The van der Waals surface area contributed by atoms with Crippen molar-refractivity contribution < 1.29 is 4.39 Å². The van der Waals surface area contributed by atoms with Gasteiger partial charge in [0.25, 0.3) is 0 Å². The minimum absolute atomic E-state index is 0.145. The third-order valence-electron chi connectivity index (χ3n) is 2.98. The number of likely N-dealkylation sites (tertiary alicyclic amines) is 1. The summed E-state index contributed by atoms with van der Waals surface area (Å²) in [5, 5.41) is 0. The number of hydrogen-bond donors (Lipinski definition) is 0. The van der Waals surface area contributed by atoms with Gasteiger partial charge in [-0.25, -0.2) is 4.39 Å². The second-order valence-corrected chi connectivity index (χ2v) is 4.30. The average Bonchev–Trinajstić information content (AvgIpc) is 2.05. The molecular formula is C12H16FN. The lowest BCUT2D eigenvalue weighted by Gasteiger charge is -2.42. The zero-order chi connectivity index (χ0) is 10.1. The van der Waals surface area contributed by atoms with Gasteiger partial charge in [0.1, 0.15) is 5.82 Å². The van der Waals surface area contributed by atoms with Gasteiger partial charge in [-0.2, -0.15) is 0 Å². The number of benzene rings is 1. The summed E-state index contributed by atoms with van der Waals surface area (Å²) in [5.74, 6) is 0.465. The van der Waals surface area contributed by atoms with Crippen LogP contribution in [-0.4, -0.2) is 24.0 Å². The molecule has 1 saturated heterocycles. The third-order valence-corrected chi connectivity index (χ3v) is 2.98. The Labute approximate surface area is 84.5 Å². The van der Waals surface area contributed by atoms with Gasteiger partial charge in [-0.05, 0) is 31.5 Å². The largest absolute Gasteiger partial charge is 0.300 e. The molecule has 2 heteroatoms. The van der Waals surface area contributed by atoms with E-state index in [2.05, 4.69) is 18.7 Å². The van der Waals surface area contributed by atoms with Gasteiger partial charge in [-0.1, -0.05) is 12.1 Å². The van der Waals surface area contributed by atoms with Crippen LogP contribution in [0.5, 0.6) is 0 Å². The van der Waals surface area contributed by atoms with Crippen molar-refractivity contribution in [1.82, 2.24) is 4.90 Å². The highest BCUT2D eigenvalue weighted by Crippen LogP contribution is 2.28. The van der Waals surface area contributed by atoms with E-state index in [1.807, 2.05) is 12.1 Å². The molecule has 1 aliphatic rings. The number of rotatable bonds is 2. The van der Waals surface area contributed by atoms with Crippen molar-refractivity contribution in [1.29, 1.82) is 0 Å². The van der Waals surface area contributed by atoms with Crippen LogP contribution in [0.4, 0.5) is 4.39 Å². The predicted molar refractivity (Wildman–Crippen MR) is 55.9 cm³/mol. The Balaban J connectivity index is 1.96. The quantitative estimate of drug-likeness (QED) is 0.698. The second-order valence-electron chi connectivity index (χ2n) is 4.30. The molecule has 76 valence electrons. The van der Waals surface area contributed by atoms with E-state index < -0.39 is 0 Å². The Kier molecular flexibility index (Phi) is 2.55. The minimum Gasteiger partial charge on any atom is -0.300 e. The van der Waals surface area contributed by atoms with Crippen molar-refractivity contribution in [2.24, 2.45) is 0 Å². The number of hydrogen-bond acceptors (Lipinski definition) is 1. The van der Waals surface area contributed by atoms with Crippen molar-refractivity contribution in [3.05, 3.63) is 35.6 Å². The Morgan fingerprint density at radius 2 is 1.79 bits per heavy atom. The summed E-state index contributed by atoms with van der Waals surface area (Å²) in [6.07, 6.45) is 0. The second kappa shape index (κ2) is 3.70. The molecule has 0 aliphatic carbocycles. The van der Waals surface area contributed by atoms with Crippen LogP contribution < -0.4 is 0 Å². The van der Waals surface area contributed by atoms with E-state index >= 15 is 0 Å². The lowest BCUT2D eigenvalue weighted by atomic mass is 9.90. The molecule has 0 amide bonds. The highest BCUT2D eigenvalue weighted by molar-refractivity contribution is 5.23. The van der Waals surface area contributed by atoms with E-state index in [-0.39, 0.29) is 5.82 Å². The van der Waals surface area contributed by atoms with Gasteiger partial charge in [0.15, 0.2) is 0 Å². The van der Waals surface area contributed by atoms with Crippen molar-refractivity contribution >= 4 is 0 Å². The van der Waals surface area contributed by atoms with Crippen LogP contribution in [0.25, 0.3) is 0 Å². The van der Waals surface area contributed by atoms with Gasteiger partial charge in [0.2, 0.25) is 0 Å². The smallest absolute Gasteiger partial charge is 0.123 e. The van der Waals surface area contributed by atoms with Gasteiger partial charge in [0, 0.05) is 25.0 Å². The molecule has 1 aromatic rings. The zero-order valence-corrected chi connectivity index (χ0v) is 8.70. The molecule has 0 unspecified atom stereocenters. The Bertz CT molecular complexity index is 299. The van der Waals surface area contributed by atoms with Gasteiger partial charge in [0.05, 0.1) is 0 Å². The normalized spacial score (nSPS) is 18.6. The Morgan fingerprint density at radius 1 is 1.21 bits per heavy atom. The molecular weight excluding hydrogens is 177 g/mol. The van der Waals surface area contributed by atoms with Gasteiger partial charge in [-0.3, -0.25) is 4.90 Å². The van der Waals surface area contributed by atoms with Crippen LogP contribution in [0.2, 0.25) is 0 Å². The lowest BCUT2D eigenvalue weighted by Crippen LogP contribution is -2.48. The molecule has 1 heterocycles. The minimum atomic E-state index is -0.145. The predicted octanol–water partition coefficient (Wildman–Crippen LogP) is 2.63. The molecule has 1 aliphatic heterocycles. The molecule has 1 fully saturated rings. The maximum Gasteiger partial charge on any atom is 0.123 e. The third kappa shape index (κ3) is 1.80. The van der Waals surface area contributed by atoms with Crippen molar-refractivity contribution in [3.8, 4) is 0 Å². The first-order valence-electron chi connectivity index (χ1n) is 5.16. The van der Waals surface area contributed by atoms with Crippen LogP contribution in [0.3, 0.4) is 0 Å². The molecule has 1 aromatic carbocycles. The van der Waals surface area contributed by atoms with E-state index in [4.69, 9.17) is 0 Å². The molecule has 0 bridgehead atoms. The first-order valence-corrected chi connectivity index (χ1v) is 5.16. The Morgan fingerprint density at radius 3 is 2.29 bits per heavy atom. The molecule has 0 spiro atoms. The van der Waals surface area contributed by atoms with Crippen LogP contribution >= 0.6 is 0 Å². The van der Waals surface area contributed by atoms with E-state index in [1.54, 1.807) is 12.1 Å². The lowest BCUT2D eigenvalue weighted by molar-refractivity contribution is 0.110. The molecule has 2 rings (SSSR count). The molecule has 0 radical (unpaired) electrons. The fraction of sp³-hybridized carbons (Fsp3) is 0.500. The molecule has 14 heavy (non-hydrogen) atoms. The summed E-state index contributed by atoms with van der Waals surface area (Å²) in [6, 6.07) is 7.53. The summed E-state index contributed by atoms with van der Waals surface area (Å²) in [4.78, 5) is 2.42. The molecule has 0 aromatic heterocycles. The standard InChI is InChI=1S/C12H16FN/c1-9(2)14-7-11(8-14)10-3-5-12(13)6-4-10/h3-6,9,11H,7-8H2,1-2H3. The van der Waals surface area contributed by atoms with Crippen LogP contribution in [0.1, 0.15) is 25.3 Å². The van der Waals surface area contributed by atoms with E-state index in [1.165, 1.54) is 5.56 Å². The fourth-order valence-electron chi connectivity index (χ4n) is 1.88.